The van der Waals surface area contributed by atoms with Crippen LogP contribution >= 0.6 is 0 Å². The summed E-state index contributed by atoms with van der Waals surface area (Å²) < 4.78 is 26.1. The summed E-state index contributed by atoms with van der Waals surface area (Å²) in [5, 5.41) is 0.425. The first-order valence-corrected chi connectivity index (χ1v) is 4.33. The van der Waals surface area contributed by atoms with Crippen molar-refractivity contribution in [2.75, 3.05) is 0 Å². The minimum Gasteiger partial charge on any atom is -0.326 e. The maximum absolute atomic E-state index is 13.2. The van der Waals surface area contributed by atoms with Gasteiger partial charge in [0.25, 0.3) is 5.56 Å². The molecule has 0 atom stereocenters. The average Bonchev–Trinajstić information content (AvgIpc) is 2.24. The van der Waals surface area contributed by atoms with Gasteiger partial charge in [0.2, 0.25) is 0 Å². The fourth-order valence-corrected chi connectivity index (χ4v) is 1.41. The maximum Gasteiger partial charge on any atom is 0.253 e. The third kappa shape index (κ3) is 1.50. The Balaban J connectivity index is 2.87. The lowest BCUT2D eigenvalue weighted by Gasteiger charge is -2.02. The molecule has 2 aromatic rings. The molecule has 0 aliphatic rings. The second kappa shape index (κ2) is 3.43. The maximum atomic E-state index is 13.2. The van der Waals surface area contributed by atoms with Gasteiger partial charge in [0, 0.05) is 17.5 Å². The van der Waals surface area contributed by atoms with Gasteiger partial charge >= 0.3 is 0 Å². The Hall–Kier alpha value is -1.75. The Morgan fingerprint density at radius 1 is 1.33 bits per heavy atom. The SMILES string of the molecule is NCc1cc2ccc(F)c(F)c2[nH]c1=O. The van der Waals surface area contributed by atoms with E-state index in [0.717, 1.165) is 6.07 Å². The van der Waals surface area contributed by atoms with Gasteiger partial charge < -0.3 is 10.7 Å². The number of hydrogen-bond acceptors (Lipinski definition) is 2. The van der Waals surface area contributed by atoms with Crippen LogP contribution in [0.25, 0.3) is 10.9 Å². The highest BCUT2D eigenvalue weighted by Crippen LogP contribution is 2.17. The van der Waals surface area contributed by atoms with Crippen LogP contribution in [0.2, 0.25) is 0 Å². The van der Waals surface area contributed by atoms with Crippen molar-refractivity contribution in [1.82, 2.24) is 4.98 Å². The van der Waals surface area contributed by atoms with Crippen molar-refractivity contribution < 1.29 is 8.78 Å². The van der Waals surface area contributed by atoms with Gasteiger partial charge in [-0.15, -0.1) is 0 Å². The lowest BCUT2D eigenvalue weighted by molar-refractivity contribution is 0.515. The summed E-state index contributed by atoms with van der Waals surface area (Å²) in [6.07, 6.45) is 0. The lowest BCUT2D eigenvalue weighted by Crippen LogP contribution is -2.16. The van der Waals surface area contributed by atoms with Crippen molar-refractivity contribution in [3.05, 3.63) is 45.8 Å². The van der Waals surface area contributed by atoms with Crippen LogP contribution in [0.4, 0.5) is 8.78 Å². The van der Waals surface area contributed by atoms with Crippen LogP contribution in [-0.2, 0) is 6.54 Å². The van der Waals surface area contributed by atoms with E-state index >= 15 is 0 Å². The molecule has 78 valence electrons. The van der Waals surface area contributed by atoms with E-state index in [2.05, 4.69) is 4.98 Å². The van der Waals surface area contributed by atoms with Crippen molar-refractivity contribution in [2.24, 2.45) is 5.73 Å². The normalized spacial score (nSPS) is 10.9. The minimum atomic E-state index is -1.05. The lowest BCUT2D eigenvalue weighted by atomic mass is 10.1. The molecule has 3 nitrogen and oxygen atoms in total. The molecule has 1 aromatic heterocycles. The highest BCUT2D eigenvalue weighted by molar-refractivity contribution is 5.79. The smallest absolute Gasteiger partial charge is 0.253 e. The number of nitrogens with two attached hydrogens (primary N) is 1. The van der Waals surface area contributed by atoms with Gasteiger partial charge in [-0.3, -0.25) is 4.79 Å². The summed E-state index contributed by atoms with van der Waals surface area (Å²) in [6.45, 7) is 0.0598. The second-order valence-electron chi connectivity index (χ2n) is 3.15. The van der Waals surface area contributed by atoms with E-state index in [1.165, 1.54) is 12.1 Å². The molecular formula is C10H8F2N2O. The molecule has 15 heavy (non-hydrogen) atoms. The van der Waals surface area contributed by atoms with Crippen molar-refractivity contribution in [2.45, 2.75) is 6.54 Å². The largest absolute Gasteiger partial charge is 0.326 e. The number of pyridine rings is 1. The van der Waals surface area contributed by atoms with Crippen LogP contribution in [0.15, 0.2) is 23.0 Å². The molecule has 3 N–H and O–H groups in total. The molecule has 0 unspecified atom stereocenters. The van der Waals surface area contributed by atoms with E-state index in [1.54, 1.807) is 0 Å². The Kier molecular flexibility index (Phi) is 2.24. The first-order chi connectivity index (χ1) is 7.13. The number of hydrogen-bond donors (Lipinski definition) is 2. The predicted molar refractivity (Wildman–Crippen MR) is 52.4 cm³/mol. The van der Waals surface area contributed by atoms with Gasteiger partial charge in [0.05, 0.1) is 5.52 Å². The Labute approximate surface area is 83.5 Å². The first kappa shape index (κ1) is 9.79. The summed E-state index contributed by atoms with van der Waals surface area (Å²) in [5.74, 6) is -2.04. The molecule has 0 aliphatic heterocycles. The third-order valence-corrected chi connectivity index (χ3v) is 2.21. The highest BCUT2D eigenvalue weighted by Gasteiger charge is 2.09. The van der Waals surface area contributed by atoms with E-state index in [-0.39, 0.29) is 12.1 Å². The summed E-state index contributed by atoms with van der Waals surface area (Å²) in [6, 6.07) is 3.86. The molecule has 1 aromatic carbocycles. The van der Waals surface area contributed by atoms with Crippen LogP contribution in [0.5, 0.6) is 0 Å². The molecule has 0 saturated heterocycles. The molecule has 0 spiro atoms. The molecule has 0 radical (unpaired) electrons. The predicted octanol–water partition coefficient (Wildman–Crippen LogP) is 1.26. The molecule has 0 saturated carbocycles. The second-order valence-corrected chi connectivity index (χ2v) is 3.15. The quantitative estimate of drug-likeness (QED) is 0.744. The van der Waals surface area contributed by atoms with Crippen molar-refractivity contribution in [3.63, 3.8) is 0 Å². The number of fused-ring (bicyclic) bond motifs is 1. The number of H-pyrrole nitrogens is 1. The van der Waals surface area contributed by atoms with Crippen LogP contribution in [-0.4, -0.2) is 4.98 Å². The van der Waals surface area contributed by atoms with Gasteiger partial charge in [0.15, 0.2) is 11.6 Å². The monoisotopic (exact) mass is 210 g/mol. The molecule has 2 rings (SSSR count). The Bertz CT molecular complexity index is 577. The summed E-state index contributed by atoms with van der Waals surface area (Å²) in [7, 11) is 0. The molecular weight excluding hydrogens is 202 g/mol. The van der Waals surface area contributed by atoms with Crippen LogP contribution in [0, 0.1) is 11.6 Å². The summed E-state index contributed by atoms with van der Waals surface area (Å²) >= 11 is 0. The van der Waals surface area contributed by atoms with E-state index in [1.807, 2.05) is 0 Å². The molecule has 0 fully saturated rings. The summed E-state index contributed by atoms with van der Waals surface area (Å²) in [5.41, 5.74) is 5.04. The first-order valence-electron chi connectivity index (χ1n) is 4.33. The topological polar surface area (TPSA) is 58.9 Å². The molecule has 1 heterocycles. The summed E-state index contributed by atoms with van der Waals surface area (Å²) in [4.78, 5) is 13.6. The zero-order chi connectivity index (χ0) is 11.0. The van der Waals surface area contributed by atoms with Crippen LogP contribution < -0.4 is 11.3 Å². The number of aromatic amines is 1. The zero-order valence-electron chi connectivity index (χ0n) is 7.68. The number of rotatable bonds is 1. The fraction of sp³-hybridized carbons (Fsp3) is 0.100. The van der Waals surface area contributed by atoms with E-state index < -0.39 is 17.2 Å². The Morgan fingerprint density at radius 2 is 2.07 bits per heavy atom. The number of aromatic nitrogens is 1. The molecule has 0 aliphatic carbocycles. The van der Waals surface area contributed by atoms with E-state index in [4.69, 9.17) is 5.73 Å². The molecule has 0 bridgehead atoms. The number of halogens is 2. The van der Waals surface area contributed by atoms with E-state index in [9.17, 15) is 13.6 Å². The standard InChI is InChI=1S/C10H8F2N2O/c11-7-2-1-5-3-6(4-13)10(15)14-9(5)8(7)12/h1-3H,4,13H2,(H,14,15). The van der Waals surface area contributed by atoms with Gasteiger partial charge in [-0.1, -0.05) is 0 Å². The van der Waals surface area contributed by atoms with E-state index in [0.29, 0.717) is 10.9 Å². The molecule has 5 heteroatoms. The van der Waals surface area contributed by atoms with Crippen LogP contribution in [0.3, 0.4) is 0 Å². The number of benzene rings is 1. The number of nitrogens with one attached hydrogen (secondary N) is 1. The molecule has 0 amide bonds. The van der Waals surface area contributed by atoms with Crippen molar-refractivity contribution in [3.8, 4) is 0 Å². The van der Waals surface area contributed by atoms with Crippen molar-refractivity contribution >= 4 is 10.9 Å². The van der Waals surface area contributed by atoms with Gasteiger partial charge in [-0.05, 0) is 18.2 Å². The van der Waals surface area contributed by atoms with Gasteiger partial charge in [0.1, 0.15) is 0 Å². The highest BCUT2D eigenvalue weighted by atomic mass is 19.2. The minimum absolute atomic E-state index is 0.0598. The average molecular weight is 210 g/mol. The third-order valence-electron chi connectivity index (χ3n) is 2.21. The van der Waals surface area contributed by atoms with Gasteiger partial charge in [-0.2, -0.15) is 0 Å². The van der Waals surface area contributed by atoms with Crippen molar-refractivity contribution in [1.29, 1.82) is 0 Å². The van der Waals surface area contributed by atoms with Gasteiger partial charge in [-0.25, -0.2) is 8.78 Å². The Morgan fingerprint density at radius 3 is 2.73 bits per heavy atom. The van der Waals surface area contributed by atoms with Crippen LogP contribution in [0.1, 0.15) is 5.56 Å². The zero-order valence-corrected chi connectivity index (χ0v) is 7.68. The fourth-order valence-electron chi connectivity index (χ4n) is 1.41.